The van der Waals surface area contributed by atoms with Crippen LogP contribution in [0.1, 0.15) is 49.4 Å². The molecule has 0 amide bonds. The maximum Gasteiger partial charge on any atom is 0.310 e. The van der Waals surface area contributed by atoms with Crippen molar-refractivity contribution in [1.29, 1.82) is 0 Å². The first kappa shape index (κ1) is 26.1. The Kier molecular flexibility index (Phi) is 7.04. The second kappa shape index (κ2) is 10.8. The molecule has 0 spiro atoms. The molecule has 1 aromatic carbocycles. The van der Waals surface area contributed by atoms with E-state index >= 15 is 0 Å². The fourth-order valence-electron chi connectivity index (χ4n) is 5.82. The maximum absolute atomic E-state index is 12.4. The number of aryl methyl sites for hydroxylation is 1. The molecule has 0 N–H and O–H groups in total. The average Bonchev–Trinajstić information content (AvgIpc) is 3.59. The molecule has 3 aliphatic heterocycles. The zero-order valence-electron chi connectivity index (χ0n) is 23.5. The number of carbonyl (C=O) groups excluding carboxylic acids is 1. The molecule has 3 aromatic heterocycles. The predicted octanol–water partition coefficient (Wildman–Crippen LogP) is 5.00. The molecule has 208 valence electrons. The number of nitrogens with zero attached hydrogens (tertiary/aromatic N) is 6. The van der Waals surface area contributed by atoms with Crippen LogP contribution in [0.5, 0.6) is 5.75 Å². The molecule has 0 atom stereocenters. The summed E-state index contributed by atoms with van der Waals surface area (Å²) in [6.07, 6.45) is 12.6. The van der Waals surface area contributed by atoms with Gasteiger partial charge in [0.05, 0.1) is 32.0 Å². The predicted molar refractivity (Wildman–Crippen MR) is 154 cm³/mol. The Morgan fingerprint density at radius 2 is 1.98 bits per heavy atom. The number of aromatic nitrogens is 5. The number of ether oxygens (including phenoxy) is 2. The van der Waals surface area contributed by atoms with E-state index in [1.54, 1.807) is 0 Å². The van der Waals surface area contributed by atoms with E-state index in [0.717, 1.165) is 84.1 Å². The molecule has 7 rings (SSSR count). The lowest BCUT2D eigenvalue weighted by Gasteiger charge is -2.41. The standard InChI is InChI=1S/C31H36N6O3/c1-22-25(17-29(38)39-3)30-35-14-12-31(2,13-15-35)11-7-4-8-16-40-27-10-6-5-9-23(27)20-36-21-24(19-32-36)26-18-28(33-22)37(30)34-26/h4-6,8-10,18-19,21H,7,11-17,20H2,1-3H3/b8-4+. The lowest BCUT2D eigenvalue weighted by atomic mass is 9.76. The monoisotopic (exact) mass is 540 g/mol. The van der Waals surface area contributed by atoms with Gasteiger partial charge in [-0.05, 0) is 44.1 Å². The van der Waals surface area contributed by atoms with Crippen LogP contribution in [0.15, 0.2) is 54.9 Å². The lowest BCUT2D eigenvalue weighted by Crippen LogP contribution is -2.40. The first-order valence-corrected chi connectivity index (χ1v) is 14.0. The molecule has 6 heterocycles. The lowest BCUT2D eigenvalue weighted by molar-refractivity contribution is -0.139. The van der Waals surface area contributed by atoms with Crippen molar-refractivity contribution in [2.75, 3.05) is 31.7 Å². The largest absolute Gasteiger partial charge is 0.489 e. The molecule has 4 aromatic rings. The number of hydrogen-bond donors (Lipinski definition) is 0. The van der Waals surface area contributed by atoms with Crippen LogP contribution in [0.25, 0.3) is 16.9 Å². The first-order chi connectivity index (χ1) is 19.4. The van der Waals surface area contributed by atoms with E-state index < -0.39 is 0 Å². The molecule has 0 aliphatic carbocycles. The van der Waals surface area contributed by atoms with Crippen molar-refractivity contribution in [3.8, 4) is 17.0 Å². The second-order valence-electron chi connectivity index (χ2n) is 11.2. The summed E-state index contributed by atoms with van der Waals surface area (Å²) in [6, 6.07) is 10.1. The van der Waals surface area contributed by atoms with Crippen LogP contribution in [0.4, 0.5) is 5.82 Å². The van der Waals surface area contributed by atoms with Crippen molar-refractivity contribution in [3.05, 3.63) is 71.7 Å². The summed E-state index contributed by atoms with van der Waals surface area (Å²) < 4.78 is 15.0. The van der Waals surface area contributed by atoms with Gasteiger partial charge in [0.2, 0.25) is 0 Å². The van der Waals surface area contributed by atoms with Crippen LogP contribution < -0.4 is 9.64 Å². The number of allylic oxidation sites excluding steroid dienone is 1. The fraction of sp³-hybridized carbons (Fsp3) is 0.419. The van der Waals surface area contributed by atoms with Crippen molar-refractivity contribution in [3.63, 3.8) is 0 Å². The molecule has 6 bridgehead atoms. The molecule has 9 nitrogen and oxygen atoms in total. The number of fused-ring (bicyclic) bond motifs is 6. The summed E-state index contributed by atoms with van der Waals surface area (Å²) in [5.41, 5.74) is 5.47. The smallest absolute Gasteiger partial charge is 0.310 e. The van der Waals surface area contributed by atoms with Gasteiger partial charge in [-0.3, -0.25) is 9.48 Å². The molecule has 0 unspecified atom stereocenters. The Balaban J connectivity index is 1.45. The fourth-order valence-corrected chi connectivity index (χ4v) is 5.82. The summed E-state index contributed by atoms with van der Waals surface area (Å²) in [7, 11) is 1.43. The summed E-state index contributed by atoms with van der Waals surface area (Å²) >= 11 is 0. The van der Waals surface area contributed by atoms with E-state index in [4.69, 9.17) is 19.6 Å². The van der Waals surface area contributed by atoms with E-state index in [9.17, 15) is 4.79 Å². The highest BCUT2D eigenvalue weighted by Crippen LogP contribution is 2.39. The molecule has 1 fully saturated rings. The SMILES string of the molecule is COC(=O)Cc1c(C)nc2cc3nn2c1N1CCC(C)(CC/C=C/COc2ccccc2Cn2cc-3cn2)CC1. The van der Waals surface area contributed by atoms with Gasteiger partial charge in [-0.1, -0.05) is 37.3 Å². The van der Waals surface area contributed by atoms with Gasteiger partial charge in [-0.25, -0.2) is 4.98 Å². The third kappa shape index (κ3) is 5.20. The number of methoxy groups -OCH3 is 1. The number of anilines is 1. The number of esters is 1. The topological polar surface area (TPSA) is 86.8 Å². The van der Waals surface area contributed by atoms with Crippen molar-refractivity contribution >= 4 is 17.4 Å². The van der Waals surface area contributed by atoms with Crippen LogP contribution in [-0.4, -0.2) is 57.2 Å². The minimum absolute atomic E-state index is 0.160. The second-order valence-corrected chi connectivity index (χ2v) is 11.2. The van der Waals surface area contributed by atoms with Crippen molar-refractivity contribution in [2.45, 2.75) is 52.5 Å². The minimum Gasteiger partial charge on any atom is -0.489 e. The molecule has 3 aliphatic rings. The number of carbonyl (C=O) groups is 1. The Morgan fingerprint density at radius 3 is 2.80 bits per heavy atom. The van der Waals surface area contributed by atoms with E-state index in [-0.39, 0.29) is 17.8 Å². The van der Waals surface area contributed by atoms with Crippen LogP contribution in [-0.2, 0) is 22.5 Å². The van der Waals surface area contributed by atoms with E-state index in [1.165, 1.54) is 7.11 Å². The van der Waals surface area contributed by atoms with Crippen molar-refractivity contribution < 1.29 is 14.3 Å². The van der Waals surface area contributed by atoms with E-state index in [0.29, 0.717) is 13.2 Å². The number of hydrogen-bond acceptors (Lipinski definition) is 7. The molecule has 1 saturated heterocycles. The van der Waals surface area contributed by atoms with Crippen molar-refractivity contribution in [2.24, 2.45) is 5.41 Å². The highest BCUT2D eigenvalue weighted by molar-refractivity contribution is 5.76. The zero-order valence-corrected chi connectivity index (χ0v) is 23.5. The van der Waals surface area contributed by atoms with Crippen LogP contribution in [0.2, 0.25) is 0 Å². The third-order valence-electron chi connectivity index (χ3n) is 8.35. The van der Waals surface area contributed by atoms with Gasteiger partial charge >= 0.3 is 5.97 Å². The Hall–Kier alpha value is -4.14. The summed E-state index contributed by atoms with van der Waals surface area (Å²) in [5, 5.41) is 9.64. The Morgan fingerprint density at radius 1 is 1.15 bits per heavy atom. The zero-order chi connectivity index (χ0) is 27.7. The van der Waals surface area contributed by atoms with E-state index in [2.05, 4.69) is 35.1 Å². The average molecular weight is 541 g/mol. The van der Waals surface area contributed by atoms with Crippen molar-refractivity contribution in [1.82, 2.24) is 24.4 Å². The van der Waals surface area contributed by atoms with Gasteiger partial charge in [0.15, 0.2) is 5.65 Å². The summed E-state index contributed by atoms with van der Waals surface area (Å²) in [5.74, 6) is 1.53. The number of rotatable bonds is 2. The van der Waals surface area contributed by atoms with Crippen LogP contribution >= 0.6 is 0 Å². The number of benzene rings is 1. The van der Waals surface area contributed by atoms with Gasteiger partial charge in [-0.15, -0.1) is 0 Å². The highest BCUT2D eigenvalue weighted by atomic mass is 16.5. The maximum atomic E-state index is 12.4. The summed E-state index contributed by atoms with van der Waals surface area (Å²) in [4.78, 5) is 19.7. The number of para-hydroxylation sites is 1. The van der Waals surface area contributed by atoms with E-state index in [1.807, 2.05) is 52.8 Å². The van der Waals surface area contributed by atoms with Gasteiger partial charge in [0, 0.05) is 47.7 Å². The normalized spacial score (nSPS) is 17.8. The van der Waals surface area contributed by atoms with Crippen LogP contribution in [0.3, 0.4) is 0 Å². The Bertz CT molecular complexity index is 1560. The van der Waals surface area contributed by atoms with Crippen LogP contribution in [0, 0.1) is 12.3 Å². The molecule has 0 radical (unpaired) electrons. The molecule has 9 heteroatoms. The minimum atomic E-state index is -0.279. The van der Waals surface area contributed by atoms with Gasteiger partial charge in [-0.2, -0.15) is 14.7 Å². The molecule has 40 heavy (non-hydrogen) atoms. The molecule has 0 saturated carbocycles. The number of piperidine rings is 1. The first-order valence-electron chi connectivity index (χ1n) is 14.0. The van der Waals surface area contributed by atoms with Gasteiger partial charge in [0.1, 0.15) is 18.2 Å². The third-order valence-corrected chi connectivity index (χ3v) is 8.35. The highest BCUT2D eigenvalue weighted by Gasteiger charge is 2.32. The van der Waals surface area contributed by atoms with Gasteiger partial charge in [0.25, 0.3) is 0 Å². The Labute approximate surface area is 234 Å². The molecular formula is C31H36N6O3. The van der Waals surface area contributed by atoms with Gasteiger partial charge < -0.3 is 14.4 Å². The molecular weight excluding hydrogens is 504 g/mol. The quantitative estimate of drug-likeness (QED) is 0.261. The summed E-state index contributed by atoms with van der Waals surface area (Å²) in [6.45, 7) is 7.27.